The van der Waals surface area contributed by atoms with Crippen LogP contribution in [0.25, 0.3) is 0 Å². The fourth-order valence-electron chi connectivity index (χ4n) is 4.91. The first kappa shape index (κ1) is 31.8. The van der Waals surface area contributed by atoms with E-state index in [9.17, 15) is 28.2 Å². The molecule has 1 aliphatic heterocycles. The van der Waals surface area contributed by atoms with Crippen LogP contribution in [0.15, 0.2) is 66.7 Å². The molecular formula is C31H38N4O7S. The van der Waals surface area contributed by atoms with Crippen LogP contribution < -0.4 is 15.4 Å². The fourth-order valence-corrected chi connectivity index (χ4v) is 5.47. The third-order valence-corrected chi connectivity index (χ3v) is 7.88. The Bertz CT molecular complexity index is 1500. The van der Waals surface area contributed by atoms with E-state index in [4.69, 9.17) is 4.74 Å². The van der Waals surface area contributed by atoms with Crippen LogP contribution in [0.2, 0.25) is 0 Å². The molecule has 3 aromatic rings. The third-order valence-electron chi connectivity index (χ3n) is 7.29. The second kappa shape index (κ2) is 14.4. The molecule has 230 valence electrons. The van der Waals surface area contributed by atoms with E-state index in [0.717, 1.165) is 36.8 Å². The quantitative estimate of drug-likeness (QED) is 0.118. The number of hydrogen-bond acceptors (Lipinski definition) is 9. The molecule has 5 N–H and O–H groups in total. The second-order valence-electron chi connectivity index (χ2n) is 10.6. The highest BCUT2D eigenvalue weighted by Gasteiger charge is 2.24. The number of aliphatic hydroxyl groups excluding tert-OH is 1. The predicted octanol–water partition coefficient (Wildman–Crippen LogP) is 3.13. The number of piperidine rings is 1. The largest absolute Gasteiger partial charge is 0.506 e. The number of aliphatic hydroxyl groups is 1. The van der Waals surface area contributed by atoms with Crippen LogP contribution in [-0.4, -0.2) is 81.0 Å². The summed E-state index contributed by atoms with van der Waals surface area (Å²) in [6, 6.07) is 19.3. The van der Waals surface area contributed by atoms with E-state index >= 15 is 0 Å². The van der Waals surface area contributed by atoms with Gasteiger partial charge >= 0.3 is 5.97 Å². The zero-order chi connectivity index (χ0) is 31.0. The van der Waals surface area contributed by atoms with Gasteiger partial charge in [0.15, 0.2) is 0 Å². The van der Waals surface area contributed by atoms with E-state index in [2.05, 4.69) is 27.5 Å². The molecule has 0 spiro atoms. The Morgan fingerprint density at radius 2 is 1.65 bits per heavy atom. The van der Waals surface area contributed by atoms with Crippen molar-refractivity contribution in [2.24, 2.45) is 0 Å². The van der Waals surface area contributed by atoms with Gasteiger partial charge in [0.2, 0.25) is 10.0 Å². The van der Waals surface area contributed by atoms with Gasteiger partial charge in [-0.3, -0.25) is 9.52 Å². The van der Waals surface area contributed by atoms with Crippen LogP contribution in [0.5, 0.6) is 5.75 Å². The Morgan fingerprint density at radius 3 is 2.28 bits per heavy atom. The Balaban J connectivity index is 1.17. The molecule has 43 heavy (non-hydrogen) atoms. The maximum atomic E-state index is 12.9. The smallest absolute Gasteiger partial charge is 0.337 e. The number of esters is 1. The van der Waals surface area contributed by atoms with Crippen molar-refractivity contribution < 1.29 is 33.0 Å². The van der Waals surface area contributed by atoms with Crippen molar-refractivity contribution in [3.8, 4) is 5.75 Å². The van der Waals surface area contributed by atoms with E-state index in [-0.39, 0.29) is 29.9 Å². The molecule has 0 aromatic heterocycles. The molecular weight excluding hydrogens is 572 g/mol. The van der Waals surface area contributed by atoms with Gasteiger partial charge < -0.3 is 30.5 Å². The number of ether oxygens (including phenoxy) is 1. The highest BCUT2D eigenvalue weighted by molar-refractivity contribution is 7.92. The maximum absolute atomic E-state index is 12.9. The first-order valence-electron chi connectivity index (χ1n) is 14.0. The number of nitrogens with one attached hydrogen (secondary N) is 3. The fraction of sp³-hybridized carbons (Fsp3) is 0.355. The summed E-state index contributed by atoms with van der Waals surface area (Å²) in [5.41, 5.74) is 3.62. The molecule has 1 aliphatic rings. The standard InChI is InChI=1S/C31H38N4O7S/c1-42-31(39)23-7-5-22(6-8-23)30(38)35-17-14-26(15-18-35)33-25-10-3-21(4-11-25)13-16-32-20-29(37)24-9-12-28(36)27(19-24)34-43(2,40)41/h3-12,19,26,29,32-34,36-37H,13-18,20H2,1-2H3/t29-/m0/s1. The molecule has 1 atom stereocenters. The minimum atomic E-state index is -3.56. The van der Waals surface area contributed by atoms with Crippen LogP contribution in [0, 0.1) is 0 Å². The van der Waals surface area contributed by atoms with E-state index in [1.54, 1.807) is 30.3 Å². The lowest BCUT2D eigenvalue weighted by Crippen LogP contribution is -2.42. The van der Waals surface area contributed by atoms with Gasteiger partial charge in [0.1, 0.15) is 5.75 Å². The molecule has 11 nitrogen and oxygen atoms in total. The summed E-state index contributed by atoms with van der Waals surface area (Å²) in [4.78, 5) is 26.3. The number of phenols is 1. The molecule has 0 unspecified atom stereocenters. The van der Waals surface area contributed by atoms with E-state index < -0.39 is 22.1 Å². The van der Waals surface area contributed by atoms with E-state index in [1.165, 1.54) is 19.2 Å². The van der Waals surface area contributed by atoms with Crippen LogP contribution in [0.4, 0.5) is 11.4 Å². The number of sulfonamides is 1. The number of hydrogen-bond donors (Lipinski definition) is 5. The Hall–Kier alpha value is -4.13. The molecule has 1 heterocycles. The summed E-state index contributed by atoms with van der Waals surface area (Å²) in [7, 11) is -2.24. The number of methoxy groups -OCH3 is 1. The first-order valence-corrected chi connectivity index (χ1v) is 15.9. The first-order chi connectivity index (χ1) is 20.5. The summed E-state index contributed by atoms with van der Waals surface area (Å²) in [5.74, 6) is -0.689. The van der Waals surface area contributed by atoms with Gasteiger partial charge in [0, 0.05) is 36.9 Å². The summed E-state index contributed by atoms with van der Waals surface area (Å²) in [6.45, 7) is 2.19. The SMILES string of the molecule is COC(=O)c1ccc(C(=O)N2CCC(Nc3ccc(CCNC[C@H](O)c4ccc(O)c(NS(C)(=O)=O)c4)cc3)CC2)cc1. The van der Waals surface area contributed by atoms with Crippen molar-refractivity contribution >= 4 is 33.3 Å². The monoisotopic (exact) mass is 610 g/mol. The van der Waals surface area contributed by atoms with Crippen molar-refractivity contribution in [2.45, 2.75) is 31.4 Å². The number of carbonyl (C=O) groups is 2. The number of anilines is 2. The summed E-state index contributed by atoms with van der Waals surface area (Å²) < 4.78 is 29.9. The number of aromatic hydroxyl groups is 1. The molecule has 1 amide bonds. The van der Waals surface area contributed by atoms with Crippen molar-refractivity contribution in [3.05, 3.63) is 89.0 Å². The molecule has 0 radical (unpaired) electrons. The number of benzene rings is 3. The lowest BCUT2D eigenvalue weighted by atomic mass is 10.0. The second-order valence-corrected chi connectivity index (χ2v) is 12.3. The van der Waals surface area contributed by atoms with Crippen LogP contribution >= 0.6 is 0 Å². The normalized spacial score (nSPS) is 14.6. The average molecular weight is 611 g/mol. The summed E-state index contributed by atoms with van der Waals surface area (Å²) in [5, 5.41) is 27.1. The van der Waals surface area contributed by atoms with Crippen molar-refractivity contribution in [1.82, 2.24) is 10.2 Å². The Morgan fingerprint density at radius 1 is 1.00 bits per heavy atom. The van der Waals surface area contributed by atoms with E-state index in [0.29, 0.717) is 36.3 Å². The topological polar surface area (TPSA) is 157 Å². The minimum Gasteiger partial charge on any atom is -0.506 e. The maximum Gasteiger partial charge on any atom is 0.337 e. The lowest BCUT2D eigenvalue weighted by Gasteiger charge is -2.33. The molecule has 0 aliphatic carbocycles. The number of amides is 1. The zero-order valence-electron chi connectivity index (χ0n) is 24.2. The number of carbonyl (C=O) groups excluding carboxylic acids is 2. The van der Waals surface area contributed by atoms with Gasteiger partial charge in [-0.1, -0.05) is 18.2 Å². The lowest BCUT2D eigenvalue weighted by molar-refractivity contribution is 0.0599. The highest BCUT2D eigenvalue weighted by atomic mass is 32.2. The number of nitrogens with zero attached hydrogens (tertiary/aromatic N) is 1. The van der Waals surface area contributed by atoms with Crippen LogP contribution in [0.1, 0.15) is 50.8 Å². The van der Waals surface area contributed by atoms with Crippen molar-refractivity contribution in [1.29, 1.82) is 0 Å². The Labute approximate surface area is 251 Å². The van der Waals surface area contributed by atoms with Crippen LogP contribution in [0.3, 0.4) is 0 Å². The Kier molecular flexibility index (Phi) is 10.6. The van der Waals surface area contributed by atoms with Gasteiger partial charge in [-0.25, -0.2) is 13.2 Å². The molecule has 1 saturated heterocycles. The third kappa shape index (κ3) is 9.18. The van der Waals surface area contributed by atoms with Gasteiger partial charge in [0.05, 0.1) is 30.7 Å². The molecule has 12 heteroatoms. The number of rotatable bonds is 12. The number of phenolic OH excluding ortho intramolecular Hbond substituents is 1. The highest BCUT2D eigenvalue weighted by Crippen LogP contribution is 2.28. The van der Waals surface area contributed by atoms with Crippen molar-refractivity contribution in [2.75, 3.05) is 49.6 Å². The van der Waals surface area contributed by atoms with Gasteiger partial charge in [-0.15, -0.1) is 0 Å². The van der Waals surface area contributed by atoms with Crippen molar-refractivity contribution in [3.63, 3.8) is 0 Å². The minimum absolute atomic E-state index is 0.0238. The average Bonchev–Trinajstić information content (AvgIpc) is 3.00. The molecule has 4 rings (SSSR count). The van der Waals surface area contributed by atoms with E-state index in [1.807, 2.05) is 17.0 Å². The van der Waals surface area contributed by atoms with Gasteiger partial charge in [0.25, 0.3) is 5.91 Å². The predicted molar refractivity (Wildman–Crippen MR) is 165 cm³/mol. The number of likely N-dealkylation sites (tertiary alicyclic amines) is 1. The molecule has 1 fully saturated rings. The zero-order valence-corrected chi connectivity index (χ0v) is 25.1. The molecule has 0 saturated carbocycles. The van der Waals surface area contributed by atoms with Gasteiger partial charge in [-0.05, 0) is 85.5 Å². The molecule has 0 bridgehead atoms. The molecule has 3 aromatic carbocycles. The summed E-state index contributed by atoms with van der Waals surface area (Å²) >= 11 is 0. The van der Waals surface area contributed by atoms with Gasteiger partial charge in [-0.2, -0.15) is 0 Å². The van der Waals surface area contributed by atoms with Crippen LogP contribution in [-0.2, 0) is 21.2 Å². The summed E-state index contributed by atoms with van der Waals surface area (Å²) in [6.07, 6.45) is 2.52.